The minimum Gasteiger partial charge on any atom is -0.491 e. The molecule has 1 aromatic carbocycles. The van der Waals surface area contributed by atoms with Crippen LogP contribution in [0.25, 0.3) is 0 Å². The van der Waals surface area contributed by atoms with Gasteiger partial charge in [0.15, 0.2) is 5.96 Å². The maximum absolute atomic E-state index is 11.7. The van der Waals surface area contributed by atoms with Crippen LogP contribution in [0, 0.1) is 0 Å². The number of methoxy groups -OCH3 is 1. The highest BCUT2D eigenvalue weighted by Gasteiger charge is 2.04. The third kappa shape index (κ3) is 14.1. The molecule has 9 heteroatoms. The number of aliphatic imine (C=N–C) groups is 1. The molecule has 0 heterocycles. The number of likely N-dealkylation sites (N-methyl/N-ethyl adjacent to an activating group) is 1. The van der Waals surface area contributed by atoms with Gasteiger partial charge in [-0.25, -0.2) is 4.99 Å². The molecule has 1 rings (SSSR count). The molecule has 0 fully saturated rings. The zero-order chi connectivity index (χ0) is 20.6. The predicted molar refractivity (Wildman–Crippen MR) is 128 cm³/mol. The number of carbonyl (C=O) groups excluding carboxylic acids is 1. The Labute approximate surface area is 191 Å². The topological polar surface area (TPSA) is 93.2 Å². The van der Waals surface area contributed by atoms with Gasteiger partial charge in [0.05, 0.1) is 19.3 Å². The molecule has 3 N–H and O–H groups in total. The molecule has 166 valence electrons. The smallest absolute Gasteiger partial charge is 0.241 e. The van der Waals surface area contributed by atoms with E-state index in [0.29, 0.717) is 38.9 Å². The fourth-order valence-electron chi connectivity index (χ4n) is 2.19. The lowest BCUT2D eigenvalue weighted by atomic mass is 10.3. The molecular formula is C20H35IN4O4. The number of rotatable bonds is 13. The van der Waals surface area contributed by atoms with E-state index in [9.17, 15) is 4.79 Å². The summed E-state index contributed by atoms with van der Waals surface area (Å²) in [5.74, 6) is 1.23. The van der Waals surface area contributed by atoms with Crippen molar-refractivity contribution in [1.29, 1.82) is 0 Å². The zero-order valence-corrected chi connectivity index (χ0v) is 20.2. The Morgan fingerprint density at radius 3 is 2.45 bits per heavy atom. The van der Waals surface area contributed by atoms with Crippen LogP contribution >= 0.6 is 24.0 Å². The average Bonchev–Trinajstić information content (AvgIpc) is 2.66. The van der Waals surface area contributed by atoms with Crippen LogP contribution in [0.15, 0.2) is 29.3 Å². The number of hydrogen-bond donors (Lipinski definition) is 3. The number of carbonyl (C=O) groups is 1. The molecule has 0 aromatic heterocycles. The second-order valence-electron chi connectivity index (χ2n) is 6.32. The summed E-state index contributed by atoms with van der Waals surface area (Å²) >= 11 is 0. The first-order chi connectivity index (χ1) is 13.5. The summed E-state index contributed by atoms with van der Waals surface area (Å²) in [6, 6.07) is 7.62. The molecule has 0 aliphatic carbocycles. The van der Waals surface area contributed by atoms with E-state index in [2.05, 4.69) is 20.9 Å². The second kappa shape index (κ2) is 17.3. The van der Waals surface area contributed by atoms with E-state index in [1.807, 2.05) is 45.0 Å². The lowest BCUT2D eigenvalue weighted by Crippen LogP contribution is -2.34. The van der Waals surface area contributed by atoms with E-state index in [4.69, 9.17) is 14.2 Å². The number of nitrogens with zero attached hydrogens (tertiary/aromatic N) is 1. The molecule has 0 atom stereocenters. The molecule has 0 saturated heterocycles. The quantitative estimate of drug-likeness (QED) is 0.160. The minimum absolute atomic E-state index is 0. The molecule has 0 saturated carbocycles. The summed E-state index contributed by atoms with van der Waals surface area (Å²) < 4.78 is 16.0. The largest absolute Gasteiger partial charge is 0.491 e. The van der Waals surface area contributed by atoms with E-state index in [-0.39, 0.29) is 42.5 Å². The maximum Gasteiger partial charge on any atom is 0.241 e. The Balaban J connectivity index is 0.00000784. The number of nitrogens with one attached hydrogen (secondary N) is 3. The summed E-state index contributed by atoms with van der Waals surface area (Å²) in [6.45, 7) is 8.96. The summed E-state index contributed by atoms with van der Waals surface area (Å²) in [4.78, 5) is 16.0. The SMILES string of the molecule is CCNC(=O)CN=C(NCCCOCCOC)Nc1ccc(OC(C)C)cc1.I. The average molecular weight is 522 g/mol. The van der Waals surface area contributed by atoms with Crippen LogP contribution in [-0.2, 0) is 14.3 Å². The third-order valence-corrected chi connectivity index (χ3v) is 3.43. The first kappa shape index (κ1) is 27.4. The number of benzene rings is 1. The summed E-state index contributed by atoms with van der Waals surface area (Å²) in [5.41, 5.74) is 0.856. The molecule has 0 radical (unpaired) electrons. The van der Waals surface area contributed by atoms with Gasteiger partial charge in [0.1, 0.15) is 12.3 Å². The molecule has 1 amide bonds. The summed E-state index contributed by atoms with van der Waals surface area (Å²) in [5, 5.41) is 9.17. The van der Waals surface area contributed by atoms with Gasteiger partial charge in [-0.05, 0) is 51.5 Å². The Bertz CT molecular complexity index is 582. The third-order valence-electron chi connectivity index (χ3n) is 3.43. The number of ether oxygens (including phenoxy) is 3. The van der Waals surface area contributed by atoms with Crippen LogP contribution in [0.1, 0.15) is 27.2 Å². The van der Waals surface area contributed by atoms with Crippen molar-refractivity contribution < 1.29 is 19.0 Å². The van der Waals surface area contributed by atoms with Crippen molar-refractivity contribution in [3.05, 3.63) is 24.3 Å². The Morgan fingerprint density at radius 1 is 1.10 bits per heavy atom. The standard InChI is InChI=1S/C20H34N4O4.HI/c1-5-21-19(25)15-23-20(22-11-6-12-27-14-13-26-4)24-17-7-9-18(10-8-17)28-16(2)3;/h7-10,16H,5-6,11-15H2,1-4H3,(H,21,25)(H2,22,23,24);1H. The van der Waals surface area contributed by atoms with Gasteiger partial charge in [0.25, 0.3) is 0 Å². The zero-order valence-electron chi connectivity index (χ0n) is 17.8. The molecule has 1 aromatic rings. The van der Waals surface area contributed by atoms with E-state index >= 15 is 0 Å². The normalized spacial score (nSPS) is 11.0. The van der Waals surface area contributed by atoms with E-state index < -0.39 is 0 Å². The monoisotopic (exact) mass is 522 g/mol. The number of halogens is 1. The van der Waals surface area contributed by atoms with Crippen LogP contribution in [-0.4, -0.2) is 64.5 Å². The van der Waals surface area contributed by atoms with Gasteiger partial charge in [-0.3, -0.25) is 4.79 Å². The number of hydrogen-bond acceptors (Lipinski definition) is 5. The van der Waals surface area contributed by atoms with Gasteiger partial charge in [-0.15, -0.1) is 24.0 Å². The van der Waals surface area contributed by atoms with Crippen molar-refractivity contribution in [2.75, 3.05) is 51.9 Å². The molecule has 29 heavy (non-hydrogen) atoms. The highest BCUT2D eigenvalue weighted by Crippen LogP contribution is 2.16. The van der Waals surface area contributed by atoms with Crippen molar-refractivity contribution in [3.8, 4) is 5.75 Å². The Hall–Kier alpha value is -1.59. The molecule has 0 bridgehead atoms. The van der Waals surface area contributed by atoms with Gasteiger partial charge in [-0.2, -0.15) is 0 Å². The molecule has 0 aliphatic heterocycles. The van der Waals surface area contributed by atoms with Crippen molar-refractivity contribution in [2.45, 2.75) is 33.3 Å². The maximum atomic E-state index is 11.7. The van der Waals surface area contributed by atoms with Crippen molar-refractivity contribution in [1.82, 2.24) is 10.6 Å². The fourth-order valence-corrected chi connectivity index (χ4v) is 2.19. The van der Waals surface area contributed by atoms with Gasteiger partial charge >= 0.3 is 0 Å². The lowest BCUT2D eigenvalue weighted by Gasteiger charge is -2.14. The minimum atomic E-state index is -0.118. The van der Waals surface area contributed by atoms with Crippen molar-refractivity contribution >= 4 is 41.5 Å². The highest BCUT2D eigenvalue weighted by molar-refractivity contribution is 14.0. The lowest BCUT2D eigenvalue weighted by molar-refractivity contribution is -0.119. The number of guanidine groups is 1. The second-order valence-corrected chi connectivity index (χ2v) is 6.32. The summed E-state index contributed by atoms with van der Waals surface area (Å²) in [6.07, 6.45) is 0.938. The van der Waals surface area contributed by atoms with Crippen LogP contribution in [0.5, 0.6) is 5.75 Å². The molecule has 0 unspecified atom stereocenters. The van der Waals surface area contributed by atoms with Crippen LogP contribution in [0.4, 0.5) is 5.69 Å². The van der Waals surface area contributed by atoms with Crippen LogP contribution < -0.4 is 20.7 Å². The van der Waals surface area contributed by atoms with Crippen LogP contribution in [0.2, 0.25) is 0 Å². The Morgan fingerprint density at radius 2 is 1.83 bits per heavy atom. The number of amides is 1. The van der Waals surface area contributed by atoms with Gasteiger partial charge < -0.3 is 30.2 Å². The van der Waals surface area contributed by atoms with Crippen LogP contribution in [0.3, 0.4) is 0 Å². The summed E-state index contributed by atoms with van der Waals surface area (Å²) in [7, 11) is 1.65. The molecule has 0 aliphatic rings. The van der Waals surface area contributed by atoms with Gasteiger partial charge in [-0.1, -0.05) is 0 Å². The van der Waals surface area contributed by atoms with Crippen molar-refractivity contribution in [2.24, 2.45) is 4.99 Å². The van der Waals surface area contributed by atoms with Crippen molar-refractivity contribution in [3.63, 3.8) is 0 Å². The van der Waals surface area contributed by atoms with Gasteiger partial charge in [0, 0.05) is 32.5 Å². The molecule has 8 nitrogen and oxygen atoms in total. The molecule has 0 spiro atoms. The van der Waals surface area contributed by atoms with Gasteiger partial charge in [0.2, 0.25) is 5.91 Å². The number of anilines is 1. The first-order valence-corrected chi connectivity index (χ1v) is 9.70. The molecular weight excluding hydrogens is 487 g/mol. The van der Waals surface area contributed by atoms with E-state index in [0.717, 1.165) is 17.9 Å². The first-order valence-electron chi connectivity index (χ1n) is 9.70. The van der Waals surface area contributed by atoms with E-state index in [1.165, 1.54) is 0 Å². The predicted octanol–water partition coefficient (Wildman–Crippen LogP) is 2.64. The fraction of sp³-hybridized carbons (Fsp3) is 0.600. The highest BCUT2D eigenvalue weighted by atomic mass is 127. The van der Waals surface area contributed by atoms with E-state index in [1.54, 1.807) is 7.11 Å². The Kier molecular flexibility index (Phi) is 16.3.